The van der Waals surface area contributed by atoms with Gasteiger partial charge in [0, 0.05) is 18.2 Å². The van der Waals surface area contributed by atoms with E-state index < -0.39 is 0 Å². The topological polar surface area (TPSA) is 102 Å². The van der Waals surface area contributed by atoms with Gasteiger partial charge in [0.25, 0.3) is 5.91 Å². The molecule has 2 N–H and O–H groups in total. The lowest BCUT2D eigenvalue weighted by atomic mass is 10.1. The van der Waals surface area contributed by atoms with Crippen LogP contribution in [0, 0.1) is 5.82 Å². The Labute approximate surface area is 176 Å². The number of para-hydroxylation sites is 1. The summed E-state index contributed by atoms with van der Waals surface area (Å²) in [5.41, 5.74) is 1.43. The second-order valence-corrected chi connectivity index (χ2v) is 7.86. The van der Waals surface area contributed by atoms with Crippen LogP contribution in [0.2, 0.25) is 0 Å². The Hall–Kier alpha value is -3.27. The highest BCUT2D eigenvalue weighted by molar-refractivity contribution is 7.99. The normalized spacial score (nSPS) is 13.1. The predicted molar refractivity (Wildman–Crippen MR) is 110 cm³/mol. The molecule has 154 valence electrons. The fourth-order valence-electron chi connectivity index (χ4n) is 2.77. The highest BCUT2D eigenvalue weighted by Crippen LogP contribution is 2.22. The van der Waals surface area contributed by atoms with Crippen molar-refractivity contribution in [3.05, 3.63) is 59.9 Å². The van der Waals surface area contributed by atoms with Gasteiger partial charge in [0.05, 0.1) is 16.9 Å². The predicted octanol–water partition coefficient (Wildman–Crippen LogP) is 2.81. The zero-order valence-electron chi connectivity index (χ0n) is 15.9. The number of amides is 2. The lowest BCUT2D eigenvalue weighted by molar-refractivity contribution is -0.115. The number of halogens is 1. The number of benzene rings is 2. The minimum absolute atomic E-state index is 0.183. The molecule has 2 aromatic carbocycles. The molecule has 10 heteroatoms. The van der Waals surface area contributed by atoms with Gasteiger partial charge in [-0.2, -0.15) is 4.68 Å². The molecule has 1 aliphatic carbocycles. The van der Waals surface area contributed by atoms with Crippen LogP contribution in [0.3, 0.4) is 0 Å². The van der Waals surface area contributed by atoms with Gasteiger partial charge in [0.1, 0.15) is 5.82 Å². The lowest BCUT2D eigenvalue weighted by Crippen LogP contribution is -2.27. The average molecular weight is 426 g/mol. The largest absolute Gasteiger partial charge is 0.349 e. The van der Waals surface area contributed by atoms with E-state index in [4.69, 9.17) is 0 Å². The Balaban J connectivity index is 1.33. The van der Waals surface area contributed by atoms with E-state index in [-0.39, 0.29) is 30.1 Å². The van der Waals surface area contributed by atoms with Crippen molar-refractivity contribution in [3.8, 4) is 5.69 Å². The first kappa shape index (κ1) is 20.0. The number of hydrogen-bond acceptors (Lipinski definition) is 6. The average Bonchev–Trinajstić information content (AvgIpc) is 3.42. The fraction of sp³-hybridized carbons (Fsp3) is 0.250. The number of tetrazole rings is 1. The molecule has 4 rings (SSSR count). The number of carbonyl (C=O) groups is 2. The summed E-state index contributed by atoms with van der Waals surface area (Å²) >= 11 is 1.28. The zero-order valence-corrected chi connectivity index (χ0v) is 16.7. The van der Waals surface area contributed by atoms with Gasteiger partial charge in [-0.3, -0.25) is 9.59 Å². The van der Waals surface area contributed by atoms with Gasteiger partial charge in [-0.25, -0.2) is 4.39 Å². The molecule has 1 saturated carbocycles. The van der Waals surface area contributed by atoms with E-state index in [1.54, 1.807) is 36.4 Å². The molecule has 3 aromatic rings. The van der Waals surface area contributed by atoms with E-state index in [0.717, 1.165) is 12.8 Å². The molecule has 0 saturated heterocycles. The Kier molecular flexibility index (Phi) is 6.03. The molecule has 0 radical (unpaired) electrons. The van der Waals surface area contributed by atoms with Gasteiger partial charge >= 0.3 is 0 Å². The van der Waals surface area contributed by atoms with Crippen LogP contribution in [0.5, 0.6) is 0 Å². The standard InChI is InChI=1S/C20H19FN6O2S/c21-13-4-3-5-15(12-13)27-20(24-25-26-27)30-11-10-18(28)23-17-7-2-1-6-16(17)19(29)22-14-8-9-14/h1-7,12,14H,8-11H2,(H,22,29)(H,23,28). The summed E-state index contributed by atoms with van der Waals surface area (Å²) in [6.07, 6.45) is 2.18. The van der Waals surface area contributed by atoms with Gasteiger partial charge < -0.3 is 10.6 Å². The van der Waals surface area contributed by atoms with E-state index in [2.05, 4.69) is 26.2 Å². The van der Waals surface area contributed by atoms with Gasteiger partial charge in [-0.1, -0.05) is 30.0 Å². The van der Waals surface area contributed by atoms with Crippen molar-refractivity contribution < 1.29 is 14.0 Å². The van der Waals surface area contributed by atoms with Gasteiger partial charge in [0.15, 0.2) is 0 Å². The Morgan fingerprint density at radius 3 is 2.80 bits per heavy atom. The first-order chi connectivity index (χ1) is 14.6. The first-order valence-corrected chi connectivity index (χ1v) is 10.5. The van der Waals surface area contributed by atoms with Crippen molar-refractivity contribution >= 4 is 29.3 Å². The SMILES string of the molecule is O=C(CCSc1nnnn1-c1cccc(F)c1)Nc1ccccc1C(=O)NC1CC1. The maximum Gasteiger partial charge on any atom is 0.253 e. The highest BCUT2D eigenvalue weighted by Gasteiger charge is 2.25. The molecule has 1 fully saturated rings. The number of carbonyl (C=O) groups excluding carboxylic acids is 2. The van der Waals surface area contributed by atoms with E-state index in [0.29, 0.717) is 27.8 Å². The molecule has 0 bridgehead atoms. The lowest BCUT2D eigenvalue weighted by Gasteiger charge is -2.11. The molecule has 1 aromatic heterocycles. The van der Waals surface area contributed by atoms with Crippen molar-refractivity contribution in [1.29, 1.82) is 0 Å². The molecule has 0 atom stereocenters. The zero-order chi connectivity index (χ0) is 20.9. The number of aromatic nitrogens is 4. The molecule has 1 heterocycles. The Bertz CT molecular complexity index is 1070. The van der Waals surface area contributed by atoms with Crippen molar-refractivity contribution in [3.63, 3.8) is 0 Å². The van der Waals surface area contributed by atoms with Crippen molar-refractivity contribution in [2.24, 2.45) is 0 Å². The molecule has 0 unspecified atom stereocenters. The van der Waals surface area contributed by atoms with E-state index in [9.17, 15) is 14.0 Å². The molecule has 1 aliphatic rings. The van der Waals surface area contributed by atoms with Crippen LogP contribution in [0.15, 0.2) is 53.7 Å². The van der Waals surface area contributed by atoms with Crippen LogP contribution in [0.4, 0.5) is 10.1 Å². The summed E-state index contributed by atoms with van der Waals surface area (Å²) in [5.74, 6) is -0.378. The Morgan fingerprint density at radius 2 is 2.00 bits per heavy atom. The monoisotopic (exact) mass is 426 g/mol. The van der Waals surface area contributed by atoms with Crippen molar-refractivity contribution in [2.75, 3.05) is 11.1 Å². The second kappa shape index (κ2) is 9.04. The van der Waals surface area contributed by atoms with Crippen LogP contribution in [-0.4, -0.2) is 43.8 Å². The van der Waals surface area contributed by atoms with Gasteiger partial charge in [-0.05, 0) is 53.6 Å². The highest BCUT2D eigenvalue weighted by atomic mass is 32.2. The third-order valence-electron chi connectivity index (χ3n) is 4.41. The summed E-state index contributed by atoms with van der Waals surface area (Å²) in [4.78, 5) is 24.7. The van der Waals surface area contributed by atoms with Crippen LogP contribution < -0.4 is 10.6 Å². The summed E-state index contributed by atoms with van der Waals surface area (Å²) in [7, 11) is 0. The number of rotatable bonds is 8. The second-order valence-electron chi connectivity index (χ2n) is 6.79. The fourth-order valence-corrected chi connectivity index (χ4v) is 3.60. The van der Waals surface area contributed by atoms with Crippen LogP contribution in [0.1, 0.15) is 29.6 Å². The first-order valence-electron chi connectivity index (χ1n) is 9.47. The molecular weight excluding hydrogens is 407 g/mol. The molecule has 30 heavy (non-hydrogen) atoms. The molecule has 0 aliphatic heterocycles. The third-order valence-corrected chi connectivity index (χ3v) is 5.33. The molecular formula is C20H19FN6O2S. The van der Waals surface area contributed by atoms with Gasteiger partial charge in [-0.15, -0.1) is 5.10 Å². The summed E-state index contributed by atoms with van der Waals surface area (Å²) in [6, 6.07) is 13.1. The minimum atomic E-state index is -0.386. The third kappa shape index (κ3) is 5.01. The summed E-state index contributed by atoms with van der Waals surface area (Å²) < 4.78 is 14.9. The molecule has 0 spiro atoms. The van der Waals surface area contributed by atoms with E-state index in [1.807, 2.05) is 0 Å². The number of nitrogens with one attached hydrogen (secondary N) is 2. The number of thioether (sulfide) groups is 1. The Morgan fingerprint density at radius 1 is 1.17 bits per heavy atom. The van der Waals surface area contributed by atoms with E-state index in [1.165, 1.54) is 28.6 Å². The quantitative estimate of drug-likeness (QED) is 0.537. The summed E-state index contributed by atoms with van der Waals surface area (Å²) in [5, 5.41) is 17.6. The smallest absolute Gasteiger partial charge is 0.253 e. The van der Waals surface area contributed by atoms with Crippen molar-refractivity contribution in [1.82, 2.24) is 25.5 Å². The number of anilines is 1. The van der Waals surface area contributed by atoms with Gasteiger partial charge in [0.2, 0.25) is 11.1 Å². The van der Waals surface area contributed by atoms with Crippen LogP contribution in [-0.2, 0) is 4.79 Å². The number of nitrogens with zero attached hydrogens (tertiary/aromatic N) is 4. The molecule has 8 nitrogen and oxygen atoms in total. The van der Waals surface area contributed by atoms with E-state index >= 15 is 0 Å². The van der Waals surface area contributed by atoms with Crippen molar-refractivity contribution in [2.45, 2.75) is 30.5 Å². The van der Waals surface area contributed by atoms with Crippen LogP contribution >= 0.6 is 11.8 Å². The molecule has 2 amide bonds. The minimum Gasteiger partial charge on any atom is -0.349 e. The maximum atomic E-state index is 13.4. The van der Waals surface area contributed by atoms with Crippen LogP contribution in [0.25, 0.3) is 5.69 Å². The summed E-state index contributed by atoms with van der Waals surface area (Å²) in [6.45, 7) is 0. The number of hydrogen-bond donors (Lipinski definition) is 2. The maximum absolute atomic E-state index is 13.4.